The summed E-state index contributed by atoms with van der Waals surface area (Å²) in [6, 6.07) is 2.36. The van der Waals surface area contributed by atoms with Crippen LogP contribution in [0.5, 0.6) is 0 Å². The number of amides is 2. The van der Waals surface area contributed by atoms with Crippen molar-refractivity contribution in [1.29, 1.82) is 0 Å². The van der Waals surface area contributed by atoms with Gasteiger partial charge in [0.25, 0.3) is 5.91 Å². The zero-order valence-corrected chi connectivity index (χ0v) is 12.4. The number of likely N-dealkylation sites (N-methyl/N-ethyl adjacent to an activating group) is 1. The molecule has 0 aromatic carbocycles. The van der Waals surface area contributed by atoms with E-state index in [1.165, 1.54) is 6.07 Å². The van der Waals surface area contributed by atoms with Gasteiger partial charge in [0, 0.05) is 6.54 Å². The van der Waals surface area contributed by atoms with Gasteiger partial charge >= 0.3 is 5.88 Å². The van der Waals surface area contributed by atoms with E-state index < -0.39 is 22.3 Å². The van der Waals surface area contributed by atoms with Gasteiger partial charge in [-0.1, -0.05) is 19.3 Å². The molecule has 2 rings (SSSR count). The van der Waals surface area contributed by atoms with E-state index in [0.717, 1.165) is 25.3 Å². The van der Waals surface area contributed by atoms with Crippen molar-refractivity contribution in [3.8, 4) is 0 Å². The Kier molecular flexibility index (Phi) is 4.79. The molecule has 1 aliphatic carbocycles. The van der Waals surface area contributed by atoms with Crippen LogP contribution < -0.4 is 10.6 Å². The van der Waals surface area contributed by atoms with Crippen LogP contribution in [-0.2, 0) is 4.79 Å². The zero-order chi connectivity index (χ0) is 16.2. The summed E-state index contributed by atoms with van der Waals surface area (Å²) in [5.74, 6) is -1.49. The first-order valence-electron chi connectivity index (χ1n) is 7.33. The molecule has 1 aromatic rings. The van der Waals surface area contributed by atoms with Crippen LogP contribution in [0, 0.1) is 10.1 Å². The SMILES string of the molecule is CCNC(=O)C1(NC(=O)c2ccc([N+](=O)[O-])o2)CCCCC1. The molecular formula is C14H19N3O5. The monoisotopic (exact) mass is 309 g/mol. The van der Waals surface area contributed by atoms with Crippen LogP contribution in [0.15, 0.2) is 16.5 Å². The maximum atomic E-state index is 12.3. The molecule has 1 aromatic heterocycles. The van der Waals surface area contributed by atoms with E-state index in [1.54, 1.807) is 0 Å². The van der Waals surface area contributed by atoms with Crippen LogP contribution >= 0.6 is 0 Å². The predicted molar refractivity (Wildman–Crippen MR) is 77.3 cm³/mol. The maximum absolute atomic E-state index is 12.3. The number of nitrogens with one attached hydrogen (secondary N) is 2. The standard InChI is InChI=1S/C14H19N3O5/c1-2-15-13(19)14(8-4-3-5-9-14)16-12(18)10-6-7-11(22-10)17(20)21/h6-7H,2-5,8-9H2,1H3,(H,15,19)(H,16,18). The summed E-state index contributed by atoms with van der Waals surface area (Å²) in [6.45, 7) is 2.29. The van der Waals surface area contributed by atoms with Gasteiger partial charge in [0.1, 0.15) is 10.5 Å². The second kappa shape index (κ2) is 6.59. The molecular weight excluding hydrogens is 290 g/mol. The highest BCUT2D eigenvalue weighted by atomic mass is 16.6. The smallest absolute Gasteiger partial charge is 0.395 e. The van der Waals surface area contributed by atoms with Crippen molar-refractivity contribution in [2.24, 2.45) is 0 Å². The van der Waals surface area contributed by atoms with E-state index in [2.05, 4.69) is 10.6 Å². The zero-order valence-electron chi connectivity index (χ0n) is 12.4. The van der Waals surface area contributed by atoms with Gasteiger partial charge in [-0.25, -0.2) is 0 Å². The van der Waals surface area contributed by atoms with Crippen molar-refractivity contribution in [1.82, 2.24) is 10.6 Å². The highest BCUT2D eigenvalue weighted by Crippen LogP contribution is 2.29. The van der Waals surface area contributed by atoms with E-state index >= 15 is 0 Å². The molecule has 0 unspecified atom stereocenters. The lowest BCUT2D eigenvalue weighted by Crippen LogP contribution is -2.59. The molecule has 1 fully saturated rings. The summed E-state index contributed by atoms with van der Waals surface area (Å²) in [5, 5.41) is 16.1. The molecule has 120 valence electrons. The molecule has 0 saturated heterocycles. The van der Waals surface area contributed by atoms with Gasteiger partial charge in [-0.05, 0) is 25.8 Å². The number of carbonyl (C=O) groups excluding carboxylic acids is 2. The summed E-state index contributed by atoms with van der Waals surface area (Å²) < 4.78 is 4.89. The summed E-state index contributed by atoms with van der Waals surface area (Å²) >= 11 is 0. The fourth-order valence-electron chi connectivity index (χ4n) is 2.72. The summed E-state index contributed by atoms with van der Waals surface area (Å²) in [4.78, 5) is 34.5. The van der Waals surface area contributed by atoms with E-state index in [1.807, 2.05) is 6.92 Å². The van der Waals surface area contributed by atoms with Crippen molar-refractivity contribution in [3.63, 3.8) is 0 Å². The van der Waals surface area contributed by atoms with Crippen LogP contribution in [0.3, 0.4) is 0 Å². The number of nitrogens with zero attached hydrogens (tertiary/aromatic N) is 1. The topological polar surface area (TPSA) is 114 Å². The Hall–Kier alpha value is -2.38. The van der Waals surface area contributed by atoms with Gasteiger partial charge in [-0.2, -0.15) is 0 Å². The van der Waals surface area contributed by atoms with Crippen LogP contribution in [0.4, 0.5) is 5.88 Å². The molecule has 2 N–H and O–H groups in total. The lowest BCUT2D eigenvalue weighted by Gasteiger charge is -2.36. The highest BCUT2D eigenvalue weighted by Gasteiger charge is 2.41. The minimum absolute atomic E-state index is 0.166. The summed E-state index contributed by atoms with van der Waals surface area (Å²) in [6.07, 6.45) is 3.80. The Morgan fingerprint density at radius 3 is 2.55 bits per heavy atom. The molecule has 8 nitrogen and oxygen atoms in total. The van der Waals surface area contributed by atoms with Gasteiger partial charge in [-0.15, -0.1) is 0 Å². The van der Waals surface area contributed by atoms with Gasteiger partial charge in [0.2, 0.25) is 5.91 Å². The lowest BCUT2D eigenvalue weighted by atomic mass is 9.80. The van der Waals surface area contributed by atoms with Crippen LogP contribution in [0.25, 0.3) is 0 Å². The van der Waals surface area contributed by atoms with Crippen molar-refractivity contribution >= 4 is 17.7 Å². The van der Waals surface area contributed by atoms with Crippen molar-refractivity contribution in [2.45, 2.75) is 44.6 Å². The lowest BCUT2D eigenvalue weighted by molar-refractivity contribution is -0.402. The third-order valence-electron chi connectivity index (χ3n) is 3.83. The first-order valence-corrected chi connectivity index (χ1v) is 7.33. The van der Waals surface area contributed by atoms with Crippen molar-refractivity contribution < 1.29 is 18.9 Å². The first-order chi connectivity index (χ1) is 10.5. The van der Waals surface area contributed by atoms with Crippen LogP contribution in [-0.4, -0.2) is 28.8 Å². The van der Waals surface area contributed by atoms with E-state index in [-0.39, 0.29) is 11.7 Å². The molecule has 0 bridgehead atoms. The maximum Gasteiger partial charge on any atom is 0.433 e. The Balaban J connectivity index is 2.16. The van der Waals surface area contributed by atoms with Gasteiger partial charge in [-0.3, -0.25) is 19.7 Å². The quantitative estimate of drug-likeness (QED) is 0.635. The molecule has 8 heteroatoms. The second-order valence-electron chi connectivity index (χ2n) is 5.35. The second-order valence-corrected chi connectivity index (χ2v) is 5.35. The van der Waals surface area contributed by atoms with Crippen LogP contribution in [0.1, 0.15) is 49.6 Å². The average Bonchev–Trinajstić information content (AvgIpc) is 2.98. The average molecular weight is 309 g/mol. The summed E-state index contributed by atoms with van der Waals surface area (Å²) in [7, 11) is 0. The minimum Gasteiger partial charge on any atom is -0.395 e. The first kappa shape index (κ1) is 16.0. The van der Waals surface area contributed by atoms with Crippen LogP contribution in [0.2, 0.25) is 0 Å². The molecule has 1 aliphatic rings. The van der Waals surface area contributed by atoms with E-state index in [4.69, 9.17) is 4.42 Å². The number of hydrogen-bond donors (Lipinski definition) is 2. The molecule has 0 radical (unpaired) electrons. The third kappa shape index (κ3) is 3.26. The van der Waals surface area contributed by atoms with Gasteiger partial charge in [0.15, 0.2) is 5.76 Å². The predicted octanol–water partition coefficient (Wildman–Crippen LogP) is 1.76. The fraction of sp³-hybridized carbons (Fsp3) is 0.571. The van der Waals surface area contributed by atoms with Crippen molar-refractivity contribution in [3.05, 3.63) is 28.0 Å². The molecule has 2 amide bonds. The fourth-order valence-corrected chi connectivity index (χ4v) is 2.72. The molecule has 22 heavy (non-hydrogen) atoms. The number of carbonyl (C=O) groups is 2. The minimum atomic E-state index is -0.965. The molecule has 0 spiro atoms. The third-order valence-corrected chi connectivity index (χ3v) is 3.83. The normalized spacial score (nSPS) is 16.8. The molecule has 0 atom stereocenters. The Morgan fingerprint density at radius 2 is 2.00 bits per heavy atom. The highest BCUT2D eigenvalue weighted by molar-refractivity contribution is 5.97. The number of furan rings is 1. The van der Waals surface area contributed by atoms with Gasteiger partial charge < -0.3 is 15.1 Å². The Labute approximate surface area is 127 Å². The largest absolute Gasteiger partial charge is 0.433 e. The molecule has 1 heterocycles. The summed E-state index contributed by atoms with van der Waals surface area (Å²) in [5.41, 5.74) is -0.965. The number of nitro groups is 1. The Morgan fingerprint density at radius 1 is 1.32 bits per heavy atom. The number of rotatable bonds is 5. The van der Waals surface area contributed by atoms with E-state index in [0.29, 0.717) is 19.4 Å². The molecule has 1 saturated carbocycles. The van der Waals surface area contributed by atoms with Gasteiger partial charge in [0.05, 0.1) is 6.07 Å². The number of hydrogen-bond acceptors (Lipinski definition) is 5. The van der Waals surface area contributed by atoms with E-state index in [9.17, 15) is 19.7 Å². The Bertz CT molecular complexity index is 575. The van der Waals surface area contributed by atoms with Crippen molar-refractivity contribution in [2.75, 3.05) is 6.54 Å². The molecule has 0 aliphatic heterocycles.